The van der Waals surface area contributed by atoms with Gasteiger partial charge in [0.2, 0.25) is 0 Å². The number of amides is 1. The topological polar surface area (TPSA) is 82.5 Å². The molecular weight excluding hydrogens is 264 g/mol. The molecule has 0 spiro atoms. The Balaban J connectivity index is 2.68. The third kappa shape index (κ3) is 3.58. The van der Waals surface area contributed by atoms with Crippen molar-refractivity contribution >= 4 is 21.8 Å². The zero-order valence-electron chi connectivity index (χ0n) is 7.85. The summed E-state index contributed by atoms with van der Waals surface area (Å²) in [6.07, 6.45) is 2.97. The minimum atomic E-state index is -0.642. The van der Waals surface area contributed by atoms with Gasteiger partial charge in [-0.05, 0) is 22.0 Å². The zero-order chi connectivity index (χ0) is 11.3. The number of nitrogens with one attached hydrogen (secondary N) is 1. The number of carbonyl (C=O) groups excluding carboxylic acids is 1. The summed E-state index contributed by atoms with van der Waals surface area (Å²) in [4.78, 5) is 15.4. The monoisotopic (exact) mass is 274 g/mol. The Morgan fingerprint density at radius 3 is 2.67 bits per heavy atom. The summed E-state index contributed by atoms with van der Waals surface area (Å²) in [5.74, 6) is -0.378. The highest BCUT2D eigenvalue weighted by Crippen LogP contribution is 2.09. The molecule has 3 N–H and O–H groups in total. The molecule has 1 aromatic rings. The van der Waals surface area contributed by atoms with Crippen molar-refractivity contribution in [3.63, 3.8) is 0 Å². The summed E-state index contributed by atoms with van der Waals surface area (Å²) in [5, 5.41) is 20.0. The van der Waals surface area contributed by atoms with Crippen molar-refractivity contribution in [2.24, 2.45) is 0 Å². The largest absolute Gasteiger partial charge is 0.394 e. The molecule has 0 aliphatic carbocycles. The van der Waals surface area contributed by atoms with Crippen LogP contribution in [0, 0.1) is 0 Å². The first-order chi connectivity index (χ1) is 7.17. The third-order valence-corrected chi connectivity index (χ3v) is 2.18. The Morgan fingerprint density at radius 2 is 2.13 bits per heavy atom. The molecule has 15 heavy (non-hydrogen) atoms. The summed E-state index contributed by atoms with van der Waals surface area (Å²) in [5.41, 5.74) is 0.372. The summed E-state index contributed by atoms with van der Waals surface area (Å²) >= 11 is 3.19. The van der Waals surface area contributed by atoms with Gasteiger partial charge >= 0.3 is 0 Å². The second-order valence-electron chi connectivity index (χ2n) is 2.93. The number of hydrogen-bond donors (Lipinski definition) is 3. The fourth-order valence-electron chi connectivity index (χ4n) is 0.954. The van der Waals surface area contributed by atoms with E-state index in [1.165, 1.54) is 6.20 Å². The van der Waals surface area contributed by atoms with E-state index in [4.69, 9.17) is 10.2 Å². The van der Waals surface area contributed by atoms with Gasteiger partial charge in [-0.1, -0.05) is 0 Å². The van der Waals surface area contributed by atoms with Crippen LogP contribution in [0.5, 0.6) is 0 Å². The van der Waals surface area contributed by atoms with Crippen LogP contribution in [-0.2, 0) is 0 Å². The quantitative estimate of drug-likeness (QED) is 0.718. The van der Waals surface area contributed by atoms with Crippen LogP contribution in [0.4, 0.5) is 0 Å². The van der Waals surface area contributed by atoms with Gasteiger partial charge in [-0.25, -0.2) is 0 Å². The molecule has 0 saturated heterocycles. The molecule has 1 rings (SSSR count). The fraction of sp³-hybridized carbons (Fsp3) is 0.333. The first-order valence-corrected chi connectivity index (χ1v) is 5.09. The van der Waals surface area contributed by atoms with Gasteiger partial charge in [0.25, 0.3) is 5.91 Å². The fourth-order valence-corrected chi connectivity index (χ4v) is 1.32. The Labute approximate surface area is 95.3 Å². The highest BCUT2D eigenvalue weighted by atomic mass is 79.9. The maximum Gasteiger partial charge on any atom is 0.253 e. The first-order valence-electron chi connectivity index (χ1n) is 4.30. The van der Waals surface area contributed by atoms with Crippen molar-refractivity contribution in [2.45, 2.75) is 6.04 Å². The number of pyridine rings is 1. The van der Waals surface area contributed by atoms with Crippen molar-refractivity contribution in [1.82, 2.24) is 10.3 Å². The van der Waals surface area contributed by atoms with E-state index >= 15 is 0 Å². The summed E-state index contributed by atoms with van der Waals surface area (Å²) < 4.78 is 0.694. The highest BCUT2D eigenvalue weighted by molar-refractivity contribution is 9.10. The standard InChI is InChI=1S/C9H11BrN2O3/c10-7-1-6(2-11-3-7)9(15)12-8(4-13)5-14/h1-3,8,13-14H,4-5H2,(H,12,15). The van der Waals surface area contributed by atoms with E-state index in [1.54, 1.807) is 12.3 Å². The summed E-state index contributed by atoms with van der Waals surface area (Å²) in [7, 11) is 0. The smallest absolute Gasteiger partial charge is 0.253 e. The van der Waals surface area contributed by atoms with Crippen molar-refractivity contribution in [1.29, 1.82) is 0 Å². The van der Waals surface area contributed by atoms with Crippen molar-refractivity contribution in [2.75, 3.05) is 13.2 Å². The number of halogens is 1. The van der Waals surface area contributed by atoms with Gasteiger partial charge < -0.3 is 15.5 Å². The van der Waals surface area contributed by atoms with Gasteiger partial charge in [0.05, 0.1) is 24.8 Å². The number of aromatic nitrogens is 1. The molecular formula is C9H11BrN2O3. The van der Waals surface area contributed by atoms with Crippen LogP contribution in [0.15, 0.2) is 22.9 Å². The molecule has 1 heterocycles. The van der Waals surface area contributed by atoms with Crippen LogP contribution in [-0.4, -0.2) is 40.4 Å². The minimum Gasteiger partial charge on any atom is -0.394 e. The average Bonchev–Trinajstić information content (AvgIpc) is 2.25. The molecule has 1 amide bonds. The molecule has 0 aliphatic heterocycles. The van der Waals surface area contributed by atoms with Gasteiger partial charge in [0.1, 0.15) is 0 Å². The summed E-state index contributed by atoms with van der Waals surface area (Å²) in [6.45, 7) is -0.604. The van der Waals surface area contributed by atoms with Gasteiger partial charge in [0.15, 0.2) is 0 Å². The molecule has 0 aromatic carbocycles. The molecule has 0 bridgehead atoms. The van der Waals surface area contributed by atoms with E-state index < -0.39 is 6.04 Å². The van der Waals surface area contributed by atoms with E-state index in [0.717, 1.165) is 0 Å². The highest BCUT2D eigenvalue weighted by Gasteiger charge is 2.12. The number of aliphatic hydroxyl groups is 2. The number of hydrogen-bond acceptors (Lipinski definition) is 4. The van der Waals surface area contributed by atoms with Crippen LogP contribution < -0.4 is 5.32 Å². The molecule has 0 fully saturated rings. The van der Waals surface area contributed by atoms with Crippen LogP contribution in [0.2, 0.25) is 0 Å². The van der Waals surface area contributed by atoms with E-state index in [9.17, 15) is 4.79 Å². The summed E-state index contributed by atoms with van der Waals surface area (Å²) in [6, 6.07) is 0.963. The van der Waals surface area contributed by atoms with Crippen molar-refractivity contribution < 1.29 is 15.0 Å². The Bertz CT molecular complexity index is 342. The lowest BCUT2D eigenvalue weighted by Gasteiger charge is -2.12. The van der Waals surface area contributed by atoms with Crippen molar-refractivity contribution in [3.05, 3.63) is 28.5 Å². The minimum absolute atomic E-state index is 0.302. The average molecular weight is 275 g/mol. The van der Waals surface area contributed by atoms with Gasteiger partial charge in [-0.15, -0.1) is 0 Å². The molecule has 6 heteroatoms. The van der Waals surface area contributed by atoms with Crippen LogP contribution in [0.1, 0.15) is 10.4 Å². The van der Waals surface area contributed by atoms with Gasteiger partial charge in [-0.3, -0.25) is 9.78 Å². The second kappa shape index (κ2) is 5.79. The van der Waals surface area contributed by atoms with Crippen LogP contribution in [0.3, 0.4) is 0 Å². The number of rotatable bonds is 4. The zero-order valence-corrected chi connectivity index (χ0v) is 9.44. The van der Waals surface area contributed by atoms with Crippen LogP contribution in [0.25, 0.3) is 0 Å². The molecule has 0 aliphatic rings. The van der Waals surface area contributed by atoms with E-state index in [2.05, 4.69) is 26.2 Å². The van der Waals surface area contributed by atoms with E-state index in [0.29, 0.717) is 10.0 Å². The molecule has 0 unspecified atom stereocenters. The molecule has 0 atom stereocenters. The maximum absolute atomic E-state index is 11.5. The number of nitrogens with zero attached hydrogens (tertiary/aromatic N) is 1. The normalized spacial score (nSPS) is 10.4. The molecule has 1 aromatic heterocycles. The number of aliphatic hydroxyl groups excluding tert-OH is 2. The van der Waals surface area contributed by atoms with Gasteiger partial charge in [0, 0.05) is 16.9 Å². The predicted octanol–water partition coefficient (Wildman–Crippen LogP) is -0.0729. The van der Waals surface area contributed by atoms with Crippen LogP contribution >= 0.6 is 15.9 Å². The Hall–Kier alpha value is -0.980. The van der Waals surface area contributed by atoms with E-state index in [1.807, 2.05) is 0 Å². The lowest BCUT2D eigenvalue weighted by atomic mass is 10.2. The molecule has 0 radical (unpaired) electrons. The molecule has 82 valence electrons. The van der Waals surface area contributed by atoms with Gasteiger partial charge in [-0.2, -0.15) is 0 Å². The lowest BCUT2D eigenvalue weighted by Crippen LogP contribution is -2.40. The lowest BCUT2D eigenvalue weighted by molar-refractivity contribution is 0.0879. The van der Waals surface area contributed by atoms with E-state index in [-0.39, 0.29) is 19.1 Å². The first kappa shape index (κ1) is 12.1. The number of carbonyl (C=O) groups is 1. The Kier molecular flexibility index (Phi) is 4.67. The SMILES string of the molecule is O=C(NC(CO)CO)c1cncc(Br)c1. The second-order valence-corrected chi connectivity index (χ2v) is 3.84. The molecule has 5 nitrogen and oxygen atoms in total. The predicted molar refractivity (Wildman–Crippen MR) is 57.4 cm³/mol. The maximum atomic E-state index is 11.5. The third-order valence-electron chi connectivity index (χ3n) is 1.74. The van der Waals surface area contributed by atoms with Crippen molar-refractivity contribution in [3.8, 4) is 0 Å². The Morgan fingerprint density at radius 1 is 1.47 bits per heavy atom. The molecule has 0 saturated carbocycles.